The first-order valence-electron chi connectivity index (χ1n) is 8.04. The number of nitrogens with zero attached hydrogens (tertiary/aromatic N) is 2. The Hall–Kier alpha value is -0.870. The van der Waals surface area contributed by atoms with Crippen molar-refractivity contribution in [1.29, 1.82) is 0 Å². The molecule has 1 aliphatic heterocycles. The van der Waals surface area contributed by atoms with Gasteiger partial charge in [0.15, 0.2) is 0 Å². The number of aryl methyl sites for hydroxylation is 2. The van der Waals surface area contributed by atoms with Crippen molar-refractivity contribution in [2.24, 2.45) is 0 Å². The Morgan fingerprint density at radius 1 is 1.27 bits per heavy atom. The highest BCUT2D eigenvalue weighted by molar-refractivity contribution is 8.21. The van der Waals surface area contributed by atoms with Crippen LogP contribution in [-0.4, -0.2) is 24.6 Å². The van der Waals surface area contributed by atoms with Gasteiger partial charge >= 0.3 is 0 Å². The Balaban J connectivity index is 1.70. The third-order valence-electron chi connectivity index (χ3n) is 4.21. The summed E-state index contributed by atoms with van der Waals surface area (Å²) in [4.78, 5) is 4.16. The average molecular weight is 333 g/mol. The first-order chi connectivity index (χ1) is 10.7. The van der Waals surface area contributed by atoms with E-state index in [1.54, 1.807) is 0 Å². The number of benzene rings is 1. The van der Waals surface area contributed by atoms with E-state index in [1.807, 2.05) is 12.5 Å². The second kappa shape index (κ2) is 7.14. The van der Waals surface area contributed by atoms with E-state index in [4.69, 9.17) is 0 Å². The molecule has 0 N–H and O–H groups in total. The van der Waals surface area contributed by atoms with Crippen molar-refractivity contribution in [3.8, 4) is 0 Å². The van der Waals surface area contributed by atoms with Crippen LogP contribution in [0.3, 0.4) is 0 Å². The third kappa shape index (κ3) is 3.90. The summed E-state index contributed by atoms with van der Waals surface area (Å²) in [5, 5.41) is 0.753. The standard InChI is InChI=1S/C18H24N2S2/c1-3-16-4-6-17(7-5-16)12-18(21-13-15(2)22-18)8-10-20-11-9-19-14-20/h4-7,9,11,14-15H,3,8,10,12-13H2,1-2H3. The minimum Gasteiger partial charge on any atom is -0.337 e. The van der Waals surface area contributed by atoms with Crippen molar-refractivity contribution in [2.45, 2.75) is 49.0 Å². The fourth-order valence-corrected chi connectivity index (χ4v) is 6.62. The van der Waals surface area contributed by atoms with E-state index in [0.717, 1.165) is 24.6 Å². The fourth-order valence-electron chi connectivity index (χ4n) is 2.94. The molecule has 0 radical (unpaired) electrons. The molecule has 1 aromatic carbocycles. The zero-order valence-electron chi connectivity index (χ0n) is 13.4. The van der Waals surface area contributed by atoms with E-state index in [9.17, 15) is 0 Å². The van der Waals surface area contributed by atoms with Crippen molar-refractivity contribution in [3.05, 3.63) is 54.1 Å². The SMILES string of the molecule is CCc1ccc(CC2(CCn3ccnc3)SCC(C)S2)cc1. The highest BCUT2D eigenvalue weighted by Gasteiger charge is 2.38. The Labute approximate surface area is 142 Å². The predicted octanol–water partition coefficient (Wildman–Crippen LogP) is 4.64. The van der Waals surface area contributed by atoms with Crippen LogP contribution in [0.25, 0.3) is 0 Å². The smallest absolute Gasteiger partial charge is 0.0945 e. The van der Waals surface area contributed by atoms with Gasteiger partial charge in [-0.2, -0.15) is 0 Å². The highest BCUT2D eigenvalue weighted by atomic mass is 32.2. The summed E-state index contributed by atoms with van der Waals surface area (Å²) in [6, 6.07) is 9.21. The number of hydrogen-bond acceptors (Lipinski definition) is 3. The molecular weight excluding hydrogens is 308 g/mol. The summed E-state index contributed by atoms with van der Waals surface area (Å²) in [5.74, 6) is 1.27. The summed E-state index contributed by atoms with van der Waals surface area (Å²) >= 11 is 4.32. The maximum atomic E-state index is 4.16. The van der Waals surface area contributed by atoms with E-state index in [2.05, 4.69) is 77.4 Å². The Kier molecular flexibility index (Phi) is 5.19. The average Bonchev–Trinajstić information content (AvgIpc) is 3.17. The fraction of sp³-hybridized carbons (Fsp3) is 0.500. The molecule has 0 amide bonds. The molecule has 0 spiro atoms. The normalized spacial score (nSPS) is 24.7. The first-order valence-corrected chi connectivity index (χ1v) is 9.91. The number of aromatic nitrogens is 2. The van der Waals surface area contributed by atoms with Crippen molar-refractivity contribution in [3.63, 3.8) is 0 Å². The van der Waals surface area contributed by atoms with Crippen LogP contribution in [0.2, 0.25) is 0 Å². The van der Waals surface area contributed by atoms with E-state index in [0.29, 0.717) is 4.08 Å². The van der Waals surface area contributed by atoms with Crippen LogP contribution in [0.1, 0.15) is 31.4 Å². The van der Waals surface area contributed by atoms with Crippen molar-refractivity contribution < 1.29 is 0 Å². The van der Waals surface area contributed by atoms with Crippen LogP contribution in [0, 0.1) is 0 Å². The minimum absolute atomic E-state index is 0.317. The zero-order valence-corrected chi connectivity index (χ0v) is 15.0. The molecule has 2 unspecified atom stereocenters. The lowest BCUT2D eigenvalue weighted by Gasteiger charge is -2.28. The quantitative estimate of drug-likeness (QED) is 0.767. The largest absolute Gasteiger partial charge is 0.337 e. The zero-order chi connectivity index (χ0) is 15.4. The van der Waals surface area contributed by atoms with Crippen LogP contribution in [0.4, 0.5) is 0 Å². The summed E-state index contributed by atoms with van der Waals surface area (Å²) in [7, 11) is 0. The predicted molar refractivity (Wildman–Crippen MR) is 98.6 cm³/mol. The van der Waals surface area contributed by atoms with E-state index >= 15 is 0 Å². The van der Waals surface area contributed by atoms with Crippen LogP contribution >= 0.6 is 23.5 Å². The molecule has 2 atom stereocenters. The molecule has 3 rings (SSSR count). The van der Waals surface area contributed by atoms with Gasteiger partial charge in [0, 0.05) is 29.9 Å². The van der Waals surface area contributed by atoms with Crippen molar-refractivity contribution in [1.82, 2.24) is 9.55 Å². The summed E-state index contributed by atoms with van der Waals surface area (Å²) in [5.41, 5.74) is 2.90. The Bertz CT molecular complexity index is 580. The monoisotopic (exact) mass is 332 g/mol. The van der Waals surface area contributed by atoms with Gasteiger partial charge in [-0.25, -0.2) is 4.98 Å². The van der Waals surface area contributed by atoms with Gasteiger partial charge < -0.3 is 4.57 Å². The van der Waals surface area contributed by atoms with Crippen molar-refractivity contribution in [2.75, 3.05) is 5.75 Å². The number of hydrogen-bond donors (Lipinski definition) is 0. The molecule has 2 nitrogen and oxygen atoms in total. The lowest BCUT2D eigenvalue weighted by Crippen LogP contribution is -2.23. The van der Waals surface area contributed by atoms with Crippen LogP contribution in [0.15, 0.2) is 43.0 Å². The van der Waals surface area contributed by atoms with Crippen LogP contribution < -0.4 is 0 Å². The third-order valence-corrected chi connectivity index (χ3v) is 7.95. The van der Waals surface area contributed by atoms with Gasteiger partial charge in [-0.05, 0) is 30.4 Å². The van der Waals surface area contributed by atoms with E-state index in [1.165, 1.54) is 23.3 Å². The second-order valence-electron chi connectivity index (χ2n) is 6.05. The molecule has 1 aliphatic rings. The molecule has 1 saturated heterocycles. The molecule has 0 bridgehead atoms. The Morgan fingerprint density at radius 2 is 2.05 bits per heavy atom. The van der Waals surface area contributed by atoms with Crippen LogP contribution in [0.5, 0.6) is 0 Å². The lowest BCUT2D eigenvalue weighted by molar-refractivity contribution is 0.597. The first kappa shape index (κ1) is 16.0. The van der Waals surface area contributed by atoms with Crippen LogP contribution in [-0.2, 0) is 19.4 Å². The van der Waals surface area contributed by atoms with Gasteiger partial charge in [0.1, 0.15) is 0 Å². The van der Waals surface area contributed by atoms with E-state index in [-0.39, 0.29) is 0 Å². The molecule has 2 heterocycles. The second-order valence-corrected chi connectivity index (χ2v) is 9.53. The summed E-state index contributed by atoms with van der Waals surface area (Å²) < 4.78 is 2.52. The molecule has 2 aromatic rings. The van der Waals surface area contributed by atoms with Gasteiger partial charge in [0.25, 0.3) is 0 Å². The number of thioether (sulfide) groups is 2. The minimum atomic E-state index is 0.317. The Morgan fingerprint density at radius 3 is 2.64 bits per heavy atom. The van der Waals surface area contributed by atoms with Gasteiger partial charge in [0.05, 0.1) is 10.4 Å². The molecule has 4 heteroatoms. The molecule has 1 fully saturated rings. The van der Waals surface area contributed by atoms with Gasteiger partial charge in [-0.3, -0.25) is 0 Å². The highest BCUT2D eigenvalue weighted by Crippen LogP contribution is 2.52. The maximum Gasteiger partial charge on any atom is 0.0945 e. The molecule has 0 aliphatic carbocycles. The molecule has 1 aromatic heterocycles. The lowest BCUT2D eigenvalue weighted by atomic mass is 10.0. The number of imidazole rings is 1. The molecular formula is C18H24N2S2. The van der Waals surface area contributed by atoms with E-state index < -0.39 is 0 Å². The maximum absolute atomic E-state index is 4.16. The summed E-state index contributed by atoms with van der Waals surface area (Å²) in [6.45, 7) is 5.63. The molecule has 22 heavy (non-hydrogen) atoms. The van der Waals surface area contributed by atoms with Crippen molar-refractivity contribution >= 4 is 23.5 Å². The van der Waals surface area contributed by atoms with Gasteiger partial charge in [-0.15, -0.1) is 23.5 Å². The van der Waals surface area contributed by atoms with Gasteiger partial charge in [0.2, 0.25) is 0 Å². The number of rotatable bonds is 6. The molecule has 118 valence electrons. The topological polar surface area (TPSA) is 17.8 Å². The summed E-state index contributed by atoms with van der Waals surface area (Å²) in [6.07, 6.45) is 9.33. The van der Waals surface area contributed by atoms with Gasteiger partial charge in [-0.1, -0.05) is 38.1 Å². The molecule has 0 saturated carbocycles.